The molecule has 0 aliphatic carbocycles. The first-order valence-electron chi connectivity index (χ1n) is 9.42. The topological polar surface area (TPSA) is 15.7 Å². The summed E-state index contributed by atoms with van der Waals surface area (Å²) in [4.78, 5) is 5.19. The first-order valence-corrected chi connectivity index (χ1v) is 9.42. The normalized spacial score (nSPS) is 22.8. The zero-order valence-corrected chi connectivity index (χ0v) is 15.1. The van der Waals surface area contributed by atoms with Crippen molar-refractivity contribution in [2.75, 3.05) is 33.3 Å². The molecule has 0 radical (unpaired) electrons. The Labute approximate surface area is 141 Å². The molecule has 2 heterocycles. The summed E-state index contributed by atoms with van der Waals surface area (Å²) in [5.74, 6) is 1.09. The molecule has 0 aromatic heterocycles. The number of rotatable bonds is 5. The summed E-state index contributed by atoms with van der Waals surface area (Å²) in [5, 5.41) is 0. The van der Waals surface area contributed by atoms with Crippen molar-refractivity contribution in [3.05, 3.63) is 28.8 Å². The molecular formula is C20H32N2O. The van der Waals surface area contributed by atoms with Gasteiger partial charge in [0.1, 0.15) is 5.75 Å². The van der Waals surface area contributed by atoms with Crippen LogP contribution in [0.5, 0.6) is 5.75 Å². The van der Waals surface area contributed by atoms with Gasteiger partial charge < -0.3 is 4.74 Å². The minimum absolute atomic E-state index is 0.557. The SMILES string of the molecule is CCC1c2cc(OC)c(CN3CCCCC3)cc2CCN1CC. The Kier molecular flexibility index (Phi) is 5.60. The Morgan fingerprint density at radius 1 is 1.09 bits per heavy atom. The van der Waals surface area contributed by atoms with Crippen LogP contribution in [0.1, 0.15) is 62.3 Å². The number of hydrogen-bond acceptors (Lipinski definition) is 3. The highest BCUT2D eigenvalue weighted by molar-refractivity contribution is 5.45. The van der Waals surface area contributed by atoms with E-state index in [4.69, 9.17) is 4.74 Å². The van der Waals surface area contributed by atoms with Crippen LogP contribution in [0.3, 0.4) is 0 Å². The molecule has 0 saturated carbocycles. The van der Waals surface area contributed by atoms with Crippen LogP contribution in [-0.2, 0) is 13.0 Å². The van der Waals surface area contributed by atoms with Crippen molar-refractivity contribution in [3.8, 4) is 5.75 Å². The van der Waals surface area contributed by atoms with Gasteiger partial charge in [-0.05, 0) is 62.5 Å². The maximum atomic E-state index is 5.77. The summed E-state index contributed by atoms with van der Waals surface area (Å²) in [6.07, 6.45) is 6.43. The number of piperidine rings is 1. The second kappa shape index (κ2) is 7.67. The fraction of sp³-hybridized carbons (Fsp3) is 0.700. The van der Waals surface area contributed by atoms with Gasteiger partial charge in [0.2, 0.25) is 0 Å². The largest absolute Gasteiger partial charge is 0.496 e. The van der Waals surface area contributed by atoms with Crippen molar-refractivity contribution in [2.45, 2.75) is 58.5 Å². The summed E-state index contributed by atoms with van der Waals surface area (Å²) in [6.45, 7) is 10.4. The van der Waals surface area contributed by atoms with Crippen molar-refractivity contribution in [1.82, 2.24) is 9.80 Å². The van der Waals surface area contributed by atoms with Crippen molar-refractivity contribution < 1.29 is 4.74 Å². The second-order valence-corrected chi connectivity index (χ2v) is 7.00. The van der Waals surface area contributed by atoms with Gasteiger partial charge in [-0.2, -0.15) is 0 Å². The van der Waals surface area contributed by atoms with E-state index < -0.39 is 0 Å². The first-order chi connectivity index (χ1) is 11.3. The molecule has 2 aliphatic rings. The molecule has 1 atom stereocenters. The lowest BCUT2D eigenvalue weighted by molar-refractivity contribution is 0.189. The van der Waals surface area contributed by atoms with E-state index >= 15 is 0 Å². The average Bonchev–Trinajstić information content (AvgIpc) is 2.60. The van der Waals surface area contributed by atoms with Crippen LogP contribution in [0.15, 0.2) is 12.1 Å². The Hall–Kier alpha value is -1.06. The smallest absolute Gasteiger partial charge is 0.123 e. The third-order valence-electron chi connectivity index (χ3n) is 5.65. The van der Waals surface area contributed by atoms with Gasteiger partial charge in [-0.15, -0.1) is 0 Å². The van der Waals surface area contributed by atoms with Crippen LogP contribution in [0.25, 0.3) is 0 Å². The molecule has 1 aromatic carbocycles. The lowest BCUT2D eigenvalue weighted by atomic mass is 9.89. The lowest BCUT2D eigenvalue weighted by Crippen LogP contribution is -2.35. The predicted octanol–water partition coefficient (Wildman–Crippen LogP) is 4.01. The van der Waals surface area contributed by atoms with Gasteiger partial charge in [0.05, 0.1) is 7.11 Å². The molecule has 2 aliphatic heterocycles. The number of benzene rings is 1. The molecule has 0 N–H and O–H groups in total. The molecule has 1 unspecified atom stereocenters. The molecule has 0 bridgehead atoms. The maximum Gasteiger partial charge on any atom is 0.123 e. The monoisotopic (exact) mass is 316 g/mol. The number of nitrogens with zero attached hydrogens (tertiary/aromatic N) is 2. The predicted molar refractivity (Wildman–Crippen MR) is 96.1 cm³/mol. The highest BCUT2D eigenvalue weighted by Crippen LogP contribution is 2.36. The number of ether oxygens (including phenoxy) is 1. The van der Waals surface area contributed by atoms with E-state index in [9.17, 15) is 0 Å². The van der Waals surface area contributed by atoms with Crippen LogP contribution < -0.4 is 4.74 Å². The molecule has 1 saturated heterocycles. The van der Waals surface area contributed by atoms with E-state index in [1.54, 1.807) is 5.56 Å². The fourth-order valence-electron chi connectivity index (χ4n) is 4.36. The van der Waals surface area contributed by atoms with E-state index in [2.05, 4.69) is 35.8 Å². The Morgan fingerprint density at radius 2 is 1.87 bits per heavy atom. The zero-order chi connectivity index (χ0) is 16.2. The quantitative estimate of drug-likeness (QED) is 0.816. The minimum Gasteiger partial charge on any atom is -0.496 e. The summed E-state index contributed by atoms with van der Waals surface area (Å²) in [5.41, 5.74) is 4.43. The standard InChI is InChI=1S/C20H32N2O/c1-4-19-18-14-20(23-3)17(15-21-10-7-6-8-11-21)13-16(18)9-12-22(19)5-2/h13-14,19H,4-12,15H2,1-3H3. The number of methoxy groups -OCH3 is 1. The molecular weight excluding hydrogens is 284 g/mol. The lowest BCUT2D eigenvalue weighted by Gasteiger charge is -2.37. The molecule has 3 nitrogen and oxygen atoms in total. The summed E-state index contributed by atoms with van der Waals surface area (Å²) >= 11 is 0. The Morgan fingerprint density at radius 3 is 2.52 bits per heavy atom. The second-order valence-electron chi connectivity index (χ2n) is 7.00. The molecule has 0 spiro atoms. The van der Waals surface area contributed by atoms with Crippen LogP contribution in [0.2, 0.25) is 0 Å². The molecule has 1 fully saturated rings. The number of likely N-dealkylation sites (N-methyl/N-ethyl adjacent to an activating group) is 1. The molecule has 3 heteroatoms. The van der Waals surface area contributed by atoms with Crippen LogP contribution in [0, 0.1) is 0 Å². The van der Waals surface area contributed by atoms with Crippen molar-refractivity contribution in [3.63, 3.8) is 0 Å². The van der Waals surface area contributed by atoms with Gasteiger partial charge in [-0.25, -0.2) is 0 Å². The average molecular weight is 316 g/mol. The highest BCUT2D eigenvalue weighted by atomic mass is 16.5. The zero-order valence-electron chi connectivity index (χ0n) is 15.1. The van der Waals surface area contributed by atoms with Gasteiger partial charge in [-0.3, -0.25) is 9.80 Å². The van der Waals surface area contributed by atoms with Gasteiger partial charge in [0.25, 0.3) is 0 Å². The van der Waals surface area contributed by atoms with Crippen LogP contribution in [0.4, 0.5) is 0 Å². The van der Waals surface area contributed by atoms with E-state index in [1.807, 2.05) is 7.11 Å². The van der Waals surface area contributed by atoms with Crippen molar-refractivity contribution >= 4 is 0 Å². The molecule has 23 heavy (non-hydrogen) atoms. The maximum absolute atomic E-state index is 5.77. The van der Waals surface area contributed by atoms with E-state index in [-0.39, 0.29) is 0 Å². The number of fused-ring (bicyclic) bond motifs is 1. The van der Waals surface area contributed by atoms with E-state index in [0.717, 1.165) is 18.8 Å². The molecule has 1 aromatic rings. The van der Waals surface area contributed by atoms with Gasteiger partial charge in [0, 0.05) is 24.7 Å². The first kappa shape index (κ1) is 16.8. The molecule has 128 valence electrons. The summed E-state index contributed by atoms with van der Waals surface area (Å²) in [6, 6.07) is 5.34. The van der Waals surface area contributed by atoms with Gasteiger partial charge in [0.15, 0.2) is 0 Å². The third kappa shape index (κ3) is 3.56. The van der Waals surface area contributed by atoms with Crippen LogP contribution in [-0.4, -0.2) is 43.1 Å². The summed E-state index contributed by atoms with van der Waals surface area (Å²) in [7, 11) is 1.82. The van der Waals surface area contributed by atoms with Crippen LogP contribution >= 0.6 is 0 Å². The van der Waals surface area contributed by atoms with Crippen molar-refractivity contribution in [2.24, 2.45) is 0 Å². The van der Waals surface area contributed by atoms with E-state index in [1.165, 1.54) is 62.9 Å². The Bertz CT molecular complexity index is 523. The van der Waals surface area contributed by atoms with E-state index in [0.29, 0.717) is 6.04 Å². The molecule has 3 rings (SSSR count). The summed E-state index contributed by atoms with van der Waals surface area (Å²) < 4.78 is 5.77. The van der Waals surface area contributed by atoms with Crippen molar-refractivity contribution in [1.29, 1.82) is 0 Å². The number of hydrogen-bond donors (Lipinski definition) is 0. The molecule has 0 amide bonds. The number of likely N-dealkylation sites (tertiary alicyclic amines) is 1. The third-order valence-corrected chi connectivity index (χ3v) is 5.65. The minimum atomic E-state index is 0.557. The Balaban J connectivity index is 1.87. The van der Waals surface area contributed by atoms with Gasteiger partial charge in [-0.1, -0.05) is 26.3 Å². The van der Waals surface area contributed by atoms with Gasteiger partial charge >= 0.3 is 0 Å². The highest BCUT2D eigenvalue weighted by Gasteiger charge is 2.26. The fourth-order valence-corrected chi connectivity index (χ4v) is 4.36.